The topological polar surface area (TPSA) is 578 Å². The van der Waals surface area contributed by atoms with Crippen LogP contribution in [0.2, 0.25) is 0 Å². The summed E-state index contributed by atoms with van der Waals surface area (Å²) < 4.78 is 0. The molecule has 12 amide bonds. The number of imidazole rings is 1. The predicted molar refractivity (Wildman–Crippen MR) is 426 cm³/mol. The SMILES string of the molecule is CCCC[C@H](NC(=O)[C@@H](NC(=O)[C@@H](N)Cc1ccc(O)cc1)C(C)C)C(=O)N[C@@H](CS)C(=O)N[C@@H](Cc1c[nH]cn1)C(=O)N[C@@H](Cc1ccccc1)C(=O)N[C@@H](CCCNC(=N)N)C(=O)N[C@@H](Cc1c[nH]c2ccccc12)C(=O)N[C@@H](CS)C(=O)N[C@@H](CCCNC(=N)N)C(=O)N[C@@H](Cc1ccccc1)C(=O)NCC(N)=O. The highest BCUT2D eigenvalue weighted by Crippen LogP contribution is 2.21. The molecule has 0 fully saturated rings. The molecule has 0 radical (unpaired) electrons. The van der Waals surface area contributed by atoms with Crippen molar-refractivity contribution < 1.29 is 62.6 Å². The van der Waals surface area contributed by atoms with Crippen LogP contribution in [0.1, 0.15) is 93.7 Å². The van der Waals surface area contributed by atoms with E-state index in [4.69, 9.17) is 33.8 Å². The number of para-hydroxylation sites is 1. The summed E-state index contributed by atoms with van der Waals surface area (Å²) in [4.78, 5) is 181. The Labute approximate surface area is 659 Å². The van der Waals surface area contributed by atoms with Gasteiger partial charge in [-0.1, -0.05) is 125 Å². The Kier molecular flexibility index (Phi) is 36.7. The lowest BCUT2D eigenvalue weighted by atomic mass is 10.00. The first kappa shape index (κ1) is 89.2. The molecular weight excluding hydrogens is 1480 g/mol. The average molecular weight is 1590 g/mol. The third-order valence-corrected chi connectivity index (χ3v) is 18.7. The van der Waals surface area contributed by atoms with E-state index in [0.717, 1.165) is 0 Å². The fourth-order valence-electron chi connectivity index (χ4n) is 11.8. The number of H-pyrrole nitrogens is 2. The van der Waals surface area contributed by atoms with Gasteiger partial charge in [0.2, 0.25) is 70.9 Å². The number of amides is 12. The molecule has 0 aliphatic carbocycles. The first-order valence-corrected chi connectivity index (χ1v) is 37.9. The fraction of sp³-hybridized carbons (Fsp3) is 0.427. The smallest absolute Gasteiger partial charge is 0.244 e. The van der Waals surface area contributed by atoms with Crippen molar-refractivity contribution in [2.24, 2.45) is 28.9 Å². The number of thiol groups is 2. The number of carbonyl (C=O) groups is 12. The molecule has 37 heteroatoms. The lowest BCUT2D eigenvalue weighted by molar-refractivity contribution is -0.136. The number of benzene rings is 4. The largest absolute Gasteiger partial charge is 0.508 e. The number of phenolic OH excluding ortho intramolecular Hbond substituents is 1. The fourth-order valence-corrected chi connectivity index (χ4v) is 12.4. The molecule has 112 heavy (non-hydrogen) atoms. The molecule has 0 unspecified atom stereocenters. The van der Waals surface area contributed by atoms with Crippen LogP contribution in [0.4, 0.5) is 0 Å². The van der Waals surface area contributed by atoms with Crippen LogP contribution < -0.4 is 92.1 Å². The minimum atomic E-state index is -1.55. The zero-order valence-corrected chi connectivity index (χ0v) is 64.4. The molecule has 35 nitrogen and oxygen atoms in total. The number of hydrogen-bond donors (Lipinski definition) is 24. The van der Waals surface area contributed by atoms with Gasteiger partial charge in [0.25, 0.3) is 0 Å². The van der Waals surface area contributed by atoms with E-state index < -0.39 is 156 Å². The number of phenols is 1. The zero-order chi connectivity index (χ0) is 81.8. The van der Waals surface area contributed by atoms with Crippen molar-refractivity contribution in [3.63, 3.8) is 0 Å². The second kappa shape index (κ2) is 46.1. The number of carbonyl (C=O) groups excluding carboxylic acids is 12. The molecule has 0 saturated heterocycles. The van der Waals surface area contributed by atoms with Crippen molar-refractivity contribution >= 4 is 119 Å². The second-order valence-corrected chi connectivity index (χ2v) is 27.9. The van der Waals surface area contributed by atoms with Crippen molar-refractivity contribution in [1.82, 2.24) is 84.1 Å². The molecule has 2 heterocycles. The van der Waals surface area contributed by atoms with Crippen LogP contribution in [-0.2, 0) is 89.6 Å². The zero-order valence-electron chi connectivity index (χ0n) is 62.6. The number of fused-ring (bicyclic) bond motifs is 1. The van der Waals surface area contributed by atoms with Gasteiger partial charge in [0.15, 0.2) is 11.9 Å². The van der Waals surface area contributed by atoms with Gasteiger partial charge in [-0.25, -0.2) is 4.98 Å². The van der Waals surface area contributed by atoms with Crippen LogP contribution in [0.25, 0.3) is 10.9 Å². The second-order valence-electron chi connectivity index (χ2n) is 27.1. The van der Waals surface area contributed by atoms with Crippen molar-refractivity contribution in [3.05, 3.63) is 156 Å². The van der Waals surface area contributed by atoms with Gasteiger partial charge in [-0.05, 0) is 84.9 Å². The molecule has 0 spiro atoms. The third-order valence-electron chi connectivity index (χ3n) is 17.9. The van der Waals surface area contributed by atoms with E-state index in [-0.39, 0.29) is 106 Å². The number of nitrogens with one attached hydrogen (secondary N) is 17. The minimum absolute atomic E-state index is 0.0222. The van der Waals surface area contributed by atoms with E-state index in [1.807, 2.05) is 6.92 Å². The number of hydrogen-bond acceptors (Lipinski definition) is 19. The Bertz CT molecular complexity index is 4140. The molecule has 0 aliphatic heterocycles. The Balaban J connectivity index is 1.25. The summed E-state index contributed by atoms with van der Waals surface area (Å²) in [5.41, 5.74) is 26.0. The van der Waals surface area contributed by atoms with Crippen molar-refractivity contribution in [2.45, 2.75) is 164 Å². The highest BCUT2D eigenvalue weighted by Gasteiger charge is 2.37. The molecule has 0 aliphatic rings. The monoisotopic (exact) mass is 1580 g/mol. The van der Waals surface area contributed by atoms with Crippen LogP contribution in [0.15, 0.2) is 128 Å². The summed E-state index contributed by atoms with van der Waals surface area (Å²) in [5.74, 6) is -12.0. The summed E-state index contributed by atoms with van der Waals surface area (Å²) in [7, 11) is 0. The summed E-state index contributed by atoms with van der Waals surface area (Å²) in [5, 5.41) is 60.6. The number of unbranched alkanes of at least 4 members (excludes halogenated alkanes) is 1. The van der Waals surface area contributed by atoms with Crippen LogP contribution >= 0.6 is 25.3 Å². The standard InChI is InChI=1S/C75H104N22O13S2/c1-4-5-21-52(90-73(110)62(42(2)3)97-63(100)50(76)31-45-25-27-48(98)28-26-45)67(104)95-60(40-112)72(109)94-58(35-47-37-82-41-87-47)70(107)92-56(33-44-18-10-7-11-19-44)68(105)88-53(23-14-29-83-74(78)79)66(103)93-57(34-46-36-85-51-22-13-12-20-49(46)51)69(106)96-59(39-111)71(108)89-54(24-15-30-84-75(80)81)65(102)91-55(64(101)86-38-61(77)99)32-43-16-8-6-9-17-43/h6-13,16-20,22,25-28,36-37,41-42,50,52-60,62,85,98,111-112H,4-5,14-15,21,23-24,29-35,38-40,76H2,1-3H3,(H2,77,99)(H,82,87)(H,86,101)(H,88,105)(H,89,108)(H,90,110)(H,91,102)(H,92,107)(H,93,103)(H,94,109)(H,95,104)(H,96,106)(H,97,100)(H4,78,79,83)(H4,80,81,84)/t50-,52-,53-,54-,55-,56-,57-,58-,59-,60-,62-/m0/s1. The quantitative estimate of drug-likeness (QED) is 0.00860. The van der Waals surface area contributed by atoms with Crippen LogP contribution in [0, 0.1) is 16.7 Å². The summed E-state index contributed by atoms with van der Waals surface area (Å²) in [6.07, 6.45) is 4.88. The molecule has 2 aromatic heterocycles. The van der Waals surface area contributed by atoms with E-state index in [1.165, 1.54) is 24.7 Å². The van der Waals surface area contributed by atoms with Crippen molar-refractivity contribution in [2.75, 3.05) is 31.1 Å². The first-order chi connectivity index (χ1) is 53.5. The lowest BCUT2D eigenvalue weighted by Crippen LogP contribution is -2.62. The maximum atomic E-state index is 15.2. The number of primary amides is 1. The number of guanidine groups is 2. The summed E-state index contributed by atoms with van der Waals surface area (Å²) in [6.45, 7) is 4.83. The van der Waals surface area contributed by atoms with Gasteiger partial charge in [-0.15, -0.1) is 0 Å². The molecule has 26 N–H and O–H groups in total. The molecule has 6 aromatic rings. The van der Waals surface area contributed by atoms with Crippen LogP contribution in [0.5, 0.6) is 5.75 Å². The molecule has 4 aromatic carbocycles. The summed E-state index contributed by atoms with van der Waals surface area (Å²) in [6, 6.07) is 15.1. The van der Waals surface area contributed by atoms with Gasteiger partial charge in [0, 0.05) is 73.6 Å². The summed E-state index contributed by atoms with van der Waals surface area (Å²) >= 11 is 8.83. The molecule has 604 valence electrons. The van der Waals surface area contributed by atoms with Gasteiger partial charge in [0.05, 0.1) is 24.6 Å². The van der Waals surface area contributed by atoms with Crippen molar-refractivity contribution in [1.29, 1.82) is 10.8 Å². The Hall–Kier alpha value is -11.7. The highest BCUT2D eigenvalue weighted by atomic mass is 32.1. The molecular formula is C75H104N22O13S2. The molecule has 0 saturated carbocycles. The van der Waals surface area contributed by atoms with Crippen molar-refractivity contribution in [3.8, 4) is 5.75 Å². The van der Waals surface area contributed by atoms with Gasteiger partial charge >= 0.3 is 0 Å². The maximum Gasteiger partial charge on any atom is 0.244 e. The lowest BCUT2D eigenvalue weighted by Gasteiger charge is -2.28. The van der Waals surface area contributed by atoms with E-state index >= 15 is 14.4 Å². The third kappa shape index (κ3) is 29.9. The molecule has 0 bridgehead atoms. The minimum Gasteiger partial charge on any atom is -0.508 e. The Morgan fingerprint density at radius 3 is 1.32 bits per heavy atom. The average Bonchev–Trinajstić information content (AvgIpc) is 1.65. The first-order valence-electron chi connectivity index (χ1n) is 36.7. The number of aromatic nitrogens is 3. The maximum absolute atomic E-state index is 15.2. The normalized spacial score (nSPS) is 14.0. The Morgan fingerprint density at radius 2 is 0.866 bits per heavy atom. The van der Waals surface area contributed by atoms with E-state index in [9.17, 15) is 48.3 Å². The molecule has 6 rings (SSSR count). The van der Waals surface area contributed by atoms with Crippen LogP contribution in [0.3, 0.4) is 0 Å². The number of aromatic amines is 2. The van der Waals surface area contributed by atoms with E-state index in [2.05, 4.69) is 109 Å². The number of nitrogens with zero attached hydrogens (tertiary/aromatic N) is 1. The van der Waals surface area contributed by atoms with Crippen LogP contribution in [-0.4, -0.2) is 200 Å². The molecule has 11 atom stereocenters. The van der Waals surface area contributed by atoms with Gasteiger partial charge in [0.1, 0.15) is 66.2 Å². The number of aromatic hydroxyl groups is 1. The predicted octanol–water partition coefficient (Wildman–Crippen LogP) is -1.88. The van der Waals surface area contributed by atoms with Gasteiger partial charge < -0.3 is 107 Å². The van der Waals surface area contributed by atoms with Gasteiger partial charge in [-0.3, -0.25) is 68.4 Å². The van der Waals surface area contributed by atoms with Gasteiger partial charge in [-0.2, -0.15) is 25.3 Å². The highest BCUT2D eigenvalue weighted by molar-refractivity contribution is 7.80. The van der Waals surface area contributed by atoms with E-state index in [1.54, 1.807) is 117 Å². The Morgan fingerprint density at radius 1 is 0.455 bits per heavy atom. The van der Waals surface area contributed by atoms with E-state index in [0.29, 0.717) is 46.0 Å². The number of nitrogens with two attached hydrogens (primary N) is 4. The number of rotatable bonds is 47.